The van der Waals surface area contributed by atoms with Crippen molar-refractivity contribution >= 4 is 11.7 Å². The zero-order valence-electron chi connectivity index (χ0n) is 13.0. The number of carbonyl (C=O) groups excluding carboxylic acids is 1. The molecule has 2 aromatic carbocycles. The van der Waals surface area contributed by atoms with E-state index in [1.54, 1.807) is 25.1 Å². The van der Waals surface area contributed by atoms with Gasteiger partial charge in [-0.3, -0.25) is 0 Å². The van der Waals surface area contributed by atoms with E-state index in [4.69, 9.17) is 0 Å². The van der Waals surface area contributed by atoms with Crippen LogP contribution < -0.4 is 10.1 Å². The average Bonchev–Trinajstić information content (AvgIpc) is 2.52. The van der Waals surface area contributed by atoms with E-state index in [2.05, 4.69) is 10.1 Å². The Balaban J connectivity index is 2.04. The molecule has 0 unspecified atom stereocenters. The molecule has 7 heteroatoms. The Labute approximate surface area is 137 Å². The lowest BCUT2D eigenvalue weighted by molar-refractivity contribution is -0.0497. The van der Waals surface area contributed by atoms with Crippen LogP contribution in [0.2, 0.25) is 0 Å². The van der Waals surface area contributed by atoms with Crippen LogP contribution in [0.4, 0.5) is 23.7 Å². The van der Waals surface area contributed by atoms with Crippen LogP contribution in [-0.4, -0.2) is 24.1 Å². The van der Waals surface area contributed by atoms with Gasteiger partial charge in [-0.25, -0.2) is 9.18 Å². The Morgan fingerprint density at radius 2 is 1.96 bits per heavy atom. The molecule has 24 heavy (non-hydrogen) atoms. The number of hydrogen-bond acceptors (Lipinski definition) is 2. The first-order chi connectivity index (χ1) is 11.5. The van der Waals surface area contributed by atoms with Crippen LogP contribution in [0.1, 0.15) is 12.5 Å². The van der Waals surface area contributed by atoms with E-state index in [1.807, 2.05) is 0 Å². The summed E-state index contributed by atoms with van der Waals surface area (Å²) in [6.45, 7) is -0.519. The van der Waals surface area contributed by atoms with Gasteiger partial charge in [0.15, 0.2) is 0 Å². The van der Waals surface area contributed by atoms with Crippen molar-refractivity contribution in [3.05, 3.63) is 59.9 Å². The highest BCUT2D eigenvalue weighted by molar-refractivity contribution is 5.89. The topological polar surface area (TPSA) is 41.6 Å². The number of ether oxygens (including phenoxy) is 1. The second-order valence-corrected chi connectivity index (χ2v) is 4.98. The fraction of sp³-hybridized carbons (Fsp3) is 0.235. The van der Waals surface area contributed by atoms with Crippen molar-refractivity contribution in [2.75, 3.05) is 11.9 Å². The van der Waals surface area contributed by atoms with Crippen molar-refractivity contribution in [3.63, 3.8) is 0 Å². The van der Waals surface area contributed by atoms with Gasteiger partial charge in [0.1, 0.15) is 11.6 Å². The summed E-state index contributed by atoms with van der Waals surface area (Å²) in [4.78, 5) is 13.8. The number of hydrogen-bond donors (Lipinski definition) is 1. The maximum absolute atomic E-state index is 13.2. The van der Waals surface area contributed by atoms with Crippen LogP contribution in [0, 0.1) is 5.82 Å². The molecule has 2 amide bonds. The predicted octanol–water partition coefficient (Wildman–Crippen LogP) is 4.48. The minimum atomic E-state index is -2.93. The van der Waals surface area contributed by atoms with E-state index < -0.39 is 12.6 Å². The largest absolute Gasteiger partial charge is 0.435 e. The summed E-state index contributed by atoms with van der Waals surface area (Å²) >= 11 is 0. The van der Waals surface area contributed by atoms with Crippen LogP contribution in [0.3, 0.4) is 0 Å². The maximum atomic E-state index is 13.2. The Morgan fingerprint density at radius 1 is 1.21 bits per heavy atom. The number of alkyl halides is 2. The van der Waals surface area contributed by atoms with Crippen molar-refractivity contribution in [1.29, 1.82) is 0 Å². The second-order valence-electron chi connectivity index (χ2n) is 4.98. The minimum absolute atomic E-state index is 0.0454. The maximum Gasteiger partial charge on any atom is 0.387 e. The molecule has 0 aliphatic heterocycles. The average molecular weight is 338 g/mol. The van der Waals surface area contributed by atoms with Gasteiger partial charge in [0.25, 0.3) is 0 Å². The number of halogens is 3. The SMILES string of the molecule is CCN(Cc1cccc(F)c1)C(=O)Nc1cccc(OC(F)F)c1. The molecule has 0 aromatic heterocycles. The third-order valence-electron chi connectivity index (χ3n) is 3.24. The molecule has 2 rings (SSSR count). The Kier molecular flexibility index (Phi) is 6.06. The first-order valence-electron chi connectivity index (χ1n) is 7.33. The number of carbonyl (C=O) groups is 1. The summed E-state index contributed by atoms with van der Waals surface area (Å²) < 4.78 is 42.0. The zero-order valence-corrected chi connectivity index (χ0v) is 13.0. The van der Waals surface area contributed by atoms with Crippen LogP contribution >= 0.6 is 0 Å². The normalized spacial score (nSPS) is 10.5. The molecular formula is C17H17F3N2O2. The number of amides is 2. The van der Waals surface area contributed by atoms with Crippen LogP contribution in [0.25, 0.3) is 0 Å². The highest BCUT2D eigenvalue weighted by atomic mass is 19.3. The molecule has 0 radical (unpaired) electrons. The summed E-state index contributed by atoms with van der Waals surface area (Å²) in [5.41, 5.74) is 0.984. The molecular weight excluding hydrogens is 321 g/mol. The van der Waals surface area contributed by atoms with Gasteiger partial charge >= 0.3 is 12.6 Å². The van der Waals surface area contributed by atoms with Crippen molar-refractivity contribution in [2.24, 2.45) is 0 Å². The van der Waals surface area contributed by atoms with Crippen molar-refractivity contribution in [3.8, 4) is 5.75 Å². The van der Waals surface area contributed by atoms with E-state index >= 15 is 0 Å². The van der Waals surface area contributed by atoms with Gasteiger partial charge in [-0.1, -0.05) is 18.2 Å². The van der Waals surface area contributed by atoms with E-state index in [-0.39, 0.29) is 18.1 Å². The molecule has 0 aliphatic carbocycles. The van der Waals surface area contributed by atoms with Gasteiger partial charge in [0, 0.05) is 24.8 Å². The molecule has 0 aliphatic rings. The fourth-order valence-electron chi connectivity index (χ4n) is 2.14. The summed E-state index contributed by atoms with van der Waals surface area (Å²) in [6, 6.07) is 11.3. The standard InChI is InChI=1S/C17H17F3N2O2/c1-2-22(11-12-5-3-6-13(18)9-12)17(23)21-14-7-4-8-15(10-14)24-16(19)20/h3-10,16H,2,11H2,1H3,(H,21,23). The van der Waals surface area contributed by atoms with E-state index in [0.717, 1.165) is 0 Å². The first kappa shape index (κ1) is 17.7. The Hall–Kier alpha value is -2.70. The van der Waals surface area contributed by atoms with Gasteiger partial charge in [-0.15, -0.1) is 0 Å². The number of urea groups is 1. The van der Waals surface area contributed by atoms with Gasteiger partial charge in [-0.05, 0) is 36.8 Å². The van der Waals surface area contributed by atoms with Gasteiger partial charge in [0.05, 0.1) is 0 Å². The Morgan fingerprint density at radius 3 is 2.62 bits per heavy atom. The number of nitrogens with one attached hydrogen (secondary N) is 1. The molecule has 128 valence electrons. The number of benzene rings is 2. The highest BCUT2D eigenvalue weighted by Crippen LogP contribution is 2.20. The van der Waals surface area contributed by atoms with Crippen molar-refractivity contribution < 1.29 is 22.7 Å². The quantitative estimate of drug-likeness (QED) is 0.844. The van der Waals surface area contributed by atoms with Crippen molar-refractivity contribution in [1.82, 2.24) is 4.90 Å². The molecule has 0 fully saturated rings. The fourth-order valence-corrected chi connectivity index (χ4v) is 2.14. The first-order valence-corrected chi connectivity index (χ1v) is 7.33. The van der Waals surface area contributed by atoms with Crippen LogP contribution in [-0.2, 0) is 6.54 Å². The van der Waals surface area contributed by atoms with Gasteiger partial charge in [0.2, 0.25) is 0 Å². The third kappa shape index (κ3) is 5.19. The molecule has 0 atom stereocenters. The minimum Gasteiger partial charge on any atom is -0.435 e. The molecule has 4 nitrogen and oxygen atoms in total. The Bertz CT molecular complexity index is 695. The highest BCUT2D eigenvalue weighted by Gasteiger charge is 2.13. The summed E-state index contributed by atoms with van der Waals surface area (Å²) in [7, 11) is 0. The molecule has 0 bridgehead atoms. The summed E-state index contributed by atoms with van der Waals surface area (Å²) in [5, 5.41) is 2.61. The molecule has 1 N–H and O–H groups in total. The van der Waals surface area contributed by atoms with Crippen molar-refractivity contribution in [2.45, 2.75) is 20.1 Å². The van der Waals surface area contributed by atoms with Crippen LogP contribution in [0.15, 0.2) is 48.5 Å². The van der Waals surface area contributed by atoms with E-state index in [0.29, 0.717) is 17.8 Å². The summed E-state index contributed by atoms with van der Waals surface area (Å²) in [5.74, 6) is -0.420. The predicted molar refractivity (Wildman–Crippen MR) is 84.6 cm³/mol. The van der Waals surface area contributed by atoms with E-state index in [9.17, 15) is 18.0 Å². The van der Waals surface area contributed by atoms with Gasteiger partial charge in [-0.2, -0.15) is 8.78 Å². The number of anilines is 1. The molecule has 0 heterocycles. The molecule has 0 spiro atoms. The molecule has 0 saturated carbocycles. The number of rotatable bonds is 6. The molecule has 0 saturated heterocycles. The molecule has 2 aromatic rings. The van der Waals surface area contributed by atoms with Gasteiger partial charge < -0.3 is 15.0 Å². The zero-order chi connectivity index (χ0) is 17.5. The van der Waals surface area contributed by atoms with E-state index in [1.165, 1.54) is 35.2 Å². The lowest BCUT2D eigenvalue weighted by Crippen LogP contribution is -2.34. The van der Waals surface area contributed by atoms with Crippen LogP contribution in [0.5, 0.6) is 5.75 Å². The second kappa shape index (κ2) is 8.24. The smallest absolute Gasteiger partial charge is 0.387 e. The third-order valence-corrected chi connectivity index (χ3v) is 3.24. The number of nitrogens with zero attached hydrogens (tertiary/aromatic N) is 1. The monoisotopic (exact) mass is 338 g/mol. The lowest BCUT2D eigenvalue weighted by Gasteiger charge is -2.21. The summed E-state index contributed by atoms with van der Waals surface area (Å²) in [6.07, 6.45) is 0. The lowest BCUT2D eigenvalue weighted by atomic mass is 10.2.